The maximum absolute atomic E-state index is 12.3. The fraction of sp³-hybridized carbons (Fsp3) is 0.320. The number of aryl methyl sites for hydroxylation is 1. The molecule has 4 rings (SSSR count). The summed E-state index contributed by atoms with van der Waals surface area (Å²) in [7, 11) is 0. The summed E-state index contributed by atoms with van der Waals surface area (Å²) in [5.41, 5.74) is 5.07. The number of rotatable bonds is 10. The first-order valence-electron chi connectivity index (χ1n) is 10.9. The lowest BCUT2D eigenvalue weighted by molar-refractivity contribution is 0.511. The fourth-order valence-corrected chi connectivity index (χ4v) is 4.27. The van der Waals surface area contributed by atoms with Crippen molar-refractivity contribution >= 4 is 21.4 Å². The van der Waals surface area contributed by atoms with Gasteiger partial charge in [0, 0.05) is 41.5 Å². The van der Waals surface area contributed by atoms with E-state index in [1.54, 1.807) is 10.7 Å². The molecular weight excluding hydrogens is 452 g/mol. The van der Waals surface area contributed by atoms with E-state index in [9.17, 15) is 4.79 Å². The Kier molecular flexibility index (Phi) is 7.30. The van der Waals surface area contributed by atoms with Crippen LogP contribution in [0.2, 0.25) is 0 Å². The Morgan fingerprint density at radius 3 is 2.52 bits per heavy atom. The number of hydrogen-bond donors (Lipinski definition) is 0. The van der Waals surface area contributed by atoms with Gasteiger partial charge in [0.05, 0.1) is 11.2 Å². The fourth-order valence-electron chi connectivity index (χ4n) is 3.87. The van der Waals surface area contributed by atoms with E-state index in [0.717, 1.165) is 46.1 Å². The van der Waals surface area contributed by atoms with E-state index in [0.29, 0.717) is 6.54 Å². The van der Waals surface area contributed by atoms with Crippen molar-refractivity contribution in [3.05, 3.63) is 77.3 Å². The topological polar surface area (TPSA) is 52.2 Å². The summed E-state index contributed by atoms with van der Waals surface area (Å²) in [4.78, 5) is 12.3. The second kappa shape index (κ2) is 10.5. The van der Waals surface area contributed by atoms with Gasteiger partial charge >= 0.3 is 0 Å². The Bertz CT molecular complexity index is 1200. The number of unbranched alkanes of at least 4 members (excludes halogenated alkanes) is 5. The SMILES string of the molecule is O=c1ccc(-c2cccc(-c3cccn4nccc34)c2)nn1CCCCCCCCBr. The zero-order valence-corrected chi connectivity index (χ0v) is 19.2. The predicted octanol–water partition coefficient (Wildman–Crippen LogP) is 5.96. The molecule has 0 unspecified atom stereocenters. The minimum absolute atomic E-state index is 0.0387. The van der Waals surface area contributed by atoms with Crippen LogP contribution in [0.25, 0.3) is 27.9 Å². The van der Waals surface area contributed by atoms with Gasteiger partial charge in [-0.3, -0.25) is 4.79 Å². The van der Waals surface area contributed by atoms with Crippen LogP contribution in [0.1, 0.15) is 38.5 Å². The smallest absolute Gasteiger partial charge is 0.266 e. The van der Waals surface area contributed by atoms with Crippen LogP contribution in [-0.4, -0.2) is 24.7 Å². The van der Waals surface area contributed by atoms with Crippen molar-refractivity contribution in [2.24, 2.45) is 0 Å². The number of nitrogens with zero attached hydrogens (tertiary/aromatic N) is 4. The van der Waals surface area contributed by atoms with Crippen molar-refractivity contribution in [2.45, 2.75) is 45.1 Å². The Labute approximate surface area is 190 Å². The van der Waals surface area contributed by atoms with E-state index in [2.05, 4.69) is 44.3 Å². The molecule has 0 radical (unpaired) electrons. The van der Waals surface area contributed by atoms with Gasteiger partial charge in [-0.25, -0.2) is 9.20 Å². The van der Waals surface area contributed by atoms with Crippen molar-refractivity contribution in [1.82, 2.24) is 19.4 Å². The first-order valence-corrected chi connectivity index (χ1v) is 12.1. The molecule has 160 valence electrons. The molecule has 0 bridgehead atoms. The predicted molar refractivity (Wildman–Crippen MR) is 130 cm³/mol. The number of aromatic nitrogens is 4. The van der Waals surface area contributed by atoms with Crippen molar-refractivity contribution in [2.75, 3.05) is 5.33 Å². The first kappa shape index (κ1) is 21.5. The molecule has 0 atom stereocenters. The van der Waals surface area contributed by atoms with E-state index in [1.165, 1.54) is 25.7 Å². The van der Waals surface area contributed by atoms with Gasteiger partial charge in [0.15, 0.2) is 0 Å². The van der Waals surface area contributed by atoms with Crippen LogP contribution in [0, 0.1) is 0 Å². The molecule has 0 N–H and O–H groups in total. The monoisotopic (exact) mass is 478 g/mol. The molecule has 5 nitrogen and oxygen atoms in total. The summed E-state index contributed by atoms with van der Waals surface area (Å²) in [6.07, 6.45) is 10.8. The Morgan fingerprint density at radius 2 is 1.65 bits per heavy atom. The van der Waals surface area contributed by atoms with Gasteiger partial charge in [-0.15, -0.1) is 0 Å². The molecule has 31 heavy (non-hydrogen) atoms. The molecule has 1 aromatic carbocycles. The number of pyridine rings is 1. The van der Waals surface area contributed by atoms with Crippen molar-refractivity contribution < 1.29 is 0 Å². The van der Waals surface area contributed by atoms with E-state index in [1.807, 2.05) is 47.2 Å². The summed E-state index contributed by atoms with van der Waals surface area (Å²) < 4.78 is 3.48. The largest absolute Gasteiger partial charge is 0.268 e. The second-order valence-corrected chi connectivity index (χ2v) is 8.55. The third-order valence-corrected chi connectivity index (χ3v) is 6.09. The molecular formula is C25H27BrN4O. The third-order valence-electron chi connectivity index (χ3n) is 5.53. The zero-order valence-electron chi connectivity index (χ0n) is 17.6. The average Bonchev–Trinajstić information content (AvgIpc) is 3.29. The number of alkyl halides is 1. The normalized spacial score (nSPS) is 11.3. The van der Waals surface area contributed by atoms with Gasteiger partial charge in [0.2, 0.25) is 0 Å². The highest BCUT2D eigenvalue weighted by molar-refractivity contribution is 9.09. The average molecular weight is 479 g/mol. The molecule has 0 saturated carbocycles. The second-order valence-electron chi connectivity index (χ2n) is 7.75. The number of benzene rings is 1. The highest BCUT2D eigenvalue weighted by Gasteiger charge is 2.08. The quantitative estimate of drug-likeness (QED) is 0.208. The van der Waals surface area contributed by atoms with Crippen LogP contribution in [0.5, 0.6) is 0 Å². The van der Waals surface area contributed by atoms with Gasteiger partial charge in [-0.1, -0.05) is 65.9 Å². The summed E-state index contributed by atoms with van der Waals surface area (Å²) in [6.45, 7) is 0.667. The summed E-state index contributed by atoms with van der Waals surface area (Å²) in [6, 6.07) is 17.9. The van der Waals surface area contributed by atoms with Crippen molar-refractivity contribution in [3.63, 3.8) is 0 Å². The van der Waals surface area contributed by atoms with Gasteiger partial charge in [0.25, 0.3) is 5.56 Å². The zero-order chi connectivity index (χ0) is 21.5. The molecule has 4 aromatic rings. The molecule has 0 aliphatic carbocycles. The number of hydrogen-bond acceptors (Lipinski definition) is 3. The van der Waals surface area contributed by atoms with Crippen molar-refractivity contribution in [3.8, 4) is 22.4 Å². The van der Waals surface area contributed by atoms with E-state index in [-0.39, 0.29) is 5.56 Å². The first-order chi connectivity index (χ1) is 15.3. The lowest BCUT2D eigenvalue weighted by atomic mass is 10.0. The maximum atomic E-state index is 12.3. The molecule has 3 aromatic heterocycles. The third kappa shape index (κ3) is 5.31. The van der Waals surface area contributed by atoms with Gasteiger partial charge in [-0.05, 0) is 42.7 Å². The van der Waals surface area contributed by atoms with E-state index < -0.39 is 0 Å². The van der Waals surface area contributed by atoms with Crippen LogP contribution in [-0.2, 0) is 6.54 Å². The standard InChI is InChI=1S/C25H27BrN4O/c26-15-5-3-1-2-4-6-17-30-25(31)13-12-23(28-30)21-10-7-9-20(19-21)22-11-8-18-29-24(22)14-16-27-29/h7-14,16,18-19H,1-6,15,17H2. The van der Waals surface area contributed by atoms with Gasteiger partial charge in [0.1, 0.15) is 0 Å². The van der Waals surface area contributed by atoms with Crippen LogP contribution in [0.15, 0.2) is 71.8 Å². The molecule has 6 heteroatoms. The molecule has 0 aliphatic rings. The van der Waals surface area contributed by atoms with E-state index in [4.69, 9.17) is 0 Å². The van der Waals surface area contributed by atoms with Gasteiger partial charge < -0.3 is 0 Å². The van der Waals surface area contributed by atoms with E-state index >= 15 is 0 Å². The van der Waals surface area contributed by atoms with Crippen LogP contribution in [0.4, 0.5) is 0 Å². The summed E-state index contributed by atoms with van der Waals surface area (Å²) in [5.74, 6) is 0. The number of halogens is 1. The highest BCUT2D eigenvalue weighted by atomic mass is 79.9. The molecule has 0 aliphatic heterocycles. The minimum atomic E-state index is -0.0387. The van der Waals surface area contributed by atoms with Crippen LogP contribution in [0.3, 0.4) is 0 Å². The Hall–Kier alpha value is -2.73. The van der Waals surface area contributed by atoms with Crippen LogP contribution >= 0.6 is 15.9 Å². The van der Waals surface area contributed by atoms with Crippen molar-refractivity contribution in [1.29, 1.82) is 0 Å². The molecule has 3 heterocycles. The number of fused-ring (bicyclic) bond motifs is 1. The lowest BCUT2D eigenvalue weighted by Gasteiger charge is -2.09. The highest BCUT2D eigenvalue weighted by Crippen LogP contribution is 2.28. The maximum Gasteiger partial charge on any atom is 0.266 e. The summed E-state index contributed by atoms with van der Waals surface area (Å²) in [5, 5.41) is 10.1. The molecule has 0 amide bonds. The Balaban J connectivity index is 1.50. The molecule has 0 fully saturated rings. The molecule has 0 saturated heterocycles. The lowest BCUT2D eigenvalue weighted by Crippen LogP contribution is -2.22. The Morgan fingerprint density at radius 1 is 0.839 bits per heavy atom. The van der Waals surface area contributed by atoms with Gasteiger partial charge in [-0.2, -0.15) is 10.2 Å². The summed E-state index contributed by atoms with van der Waals surface area (Å²) >= 11 is 3.47. The molecule has 0 spiro atoms. The van der Waals surface area contributed by atoms with Crippen LogP contribution < -0.4 is 5.56 Å². The minimum Gasteiger partial charge on any atom is -0.268 e.